The Hall–Kier alpha value is -0.340. The molecule has 1 aromatic carbocycles. The lowest BCUT2D eigenvalue weighted by Crippen LogP contribution is -1.95. The van der Waals surface area contributed by atoms with Crippen molar-refractivity contribution in [3.8, 4) is 0 Å². The molecular weight excluding hydrogens is 239 g/mol. The standard InChI is InChI=1S/C9H8BrClO/c1-5-3-7(11)4-8(6(2)12)9(5)10/h3-4H,1-2H3. The predicted octanol–water partition coefficient (Wildman–Crippen LogP) is 3.61. The molecule has 0 atom stereocenters. The van der Waals surface area contributed by atoms with E-state index >= 15 is 0 Å². The summed E-state index contributed by atoms with van der Waals surface area (Å²) < 4.78 is 0.833. The van der Waals surface area contributed by atoms with Crippen LogP contribution in [0.1, 0.15) is 22.8 Å². The lowest BCUT2D eigenvalue weighted by molar-refractivity contribution is 0.101. The molecule has 12 heavy (non-hydrogen) atoms. The molecule has 64 valence electrons. The van der Waals surface area contributed by atoms with E-state index in [9.17, 15) is 4.79 Å². The van der Waals surface area contributed by atoms with Gasteiger partial charge in [-0.05, 0) is 47.5 Å². The smallest absolute Gasteiger partial charge is 0.160 e. The summed E-state index contributed by atoms with van der Waals surface area (Å²) in [7, 11) is 0. The zero-order valence-corrected chi connectivity index (χ0v) is 9.16. The van der Waals surface area contributed by atoms with Gasteiger partial charge in [0.25, 0.3) is 0 Å². The summed E-state index contributed by atoms with van der Waals surface area (Å²) in [6, 6.07) is 3.49. The fraction of sp³-hybridized carbons (Fsp3) is 0.222. The quantitative estimate of drug-likeness (QED) is 0.693. The second-order valence-electron chi connectivity index (χ2n) is 2.64. The van der Waals surface area contributed by atoms with Gasteiger partial charge in [0.15, 0.2) is 5.78 Å². The number of hydrogen-bond donors (Lipinski definition) is 0. The molecule has 0 saturated heterocycles. The number of hydrogen-bond acceptors (Lipinski definition) is 1. The van der Waals surface area contributed by atoms with Crippen LogP contribution in [-0.4, -0.2) is 5.78 Å². The van der Waals surface area contributed by atoms with Crippen molar-refractivity contribution in [1.29, 1.82) is 0 Å². The molecule has 0 amide bonds. The highest BCUT2D eigenvalue weighted by Crippen LogP contribution is 2.25. The largest absolute Gasteiger partial charge is 0.294 e. The van der Waals surface area contributed by atoms with Crippen molar-refractivity contribution in [1.82, 2.24) is 0 Å². The van der Waals surface area contributed by atoms with Gasteiger partial charge in [-0.2, -0.15) is 0 Å². The highest BCUT2D eigenvalue weighted by Gasteiger charge is 2.08. The molecule has 0 aliphatic heterocycles. The Morgan fingerprint density at radius 2 is 2.08 bits per heavy atom. The Morgan fingerprint density at radius 1 is 1.50 bits per heavy atom. The third-order valence-corrected chi connectivity index (χ3v) is 2.87. The topological polar surface area (TPSA) is 17.1 Å². The molecule has 0 saturated carbocycles. The first kappa shape index (κ1) is 9.75. The molecule has 1 rings (SSSR count). The van der Waals surface area contributed by atoms with Crippen LogP contribution < -0.4 is 0 Å². The van der Waals surface area contributed by atoms with Gasteiger partial charge in [-0.15, -0.1) is 0 Å². The summed E-state index contributed by atoms with van der Waals surface area (Å²) in [4.78, 5) is 11.1. The van der Waals surface area contributed by atoms with Gasteiger partial charge in [-0.3, -0.25) is 4.79 Å². The third-order valence-electron chi connectivity index (χ3n) is 1.60. The molecule has 0 aliphatic carbocycles. The Morgan fingerprint density at radius 3 is 2.58 bits per heavy atom. The van der Waals surface area contributed by atoms with Gasteiger partial charge in [-0.25, -0.2) is 0 Å². The van der Waals surface area contributed by atoms with Crippen LogP contribution >= 0.6 is 27.5 Å². The minimum Gasteiger partial charge on any atom is -0.294 e. The second-order valence-corrected chi connectivity index (χ2v) is 3.87. The molecule has 0 spiro atoms. The number of carbonyl (C=O) groups is 1. The van der Waals surface area contributed by atoms with E-state index in [2.05, 4.69) is 15.9 Å². The van der Waals surface area contributed by atoms with E-state index in [4.69, 9.17) is 11.6 Å². The molecule has 3 heteroatoms. The van der Waals surface area contributed by atoms with Crippen LogP contribution in [0.2, 0.25) is 5.02 Å². The predicted molar refractivity (Wildman–Crippen MR) is 53.9 cm³/mol. The number of carbonyl (C=O) groups excluding carboxylic acids is 1. The summed E-state index contributed by atoms with van der Waals surface area (Å²) in [6.45, 7) is 3.43. The molecule has 0 radical (unpaired) electrons. The van der Waals surface area contributed by atoms with Crippen LogP contribution in [0.15, 0.2) is 16.6 Å². The van der Waals surface area contributed by atoms with Gasteiger partial charge < -0.3 is 0 Å². The number of halogens is 2. The maximum absolute atomic E-state index is 11.1. The Kier molecular flexibility index (Phi) is 2.91. The van der Waals surface area contributed by atoms with E-state index in [1.807, 2.05) is 13.0 Å². The first-order valence-corrected chi connectivity index (χ1v) is 4.66. The Bertz CT molecular complexity index is 334. The summed E-state index contributed by atoms with van der Waals surface area (Å²) in [5.74, 6) is 0.0208. The van der Waals surface area contributed by atoms with Crippen LogP contribution in [0.25, 0.3) is 0 Å². The minimum absolute atomic E-state index is 0.0208. The van der Waals surface area contributed by atoms with Gasteiger partial charge in [-0.1, -0.05) is 11.6 Å². The van der Waals surface area contributed by atoms with Gasteiger partial charge in [0.2, 0.25) is 0 Å². The molecule has 0 N–H and O–H groups in total. The molecule has 1 aromatic rings. The average Bonchev–Trinajstić information content (AvgIpc) is 1.96. The van der Waals surface area contributed by atoms with Crippen molar-refractivity contribution in [2.45, 2.75) is 13.8 Å². The third kappa shape index (κ3) is 1.87. The Labute approximate surface area is 84.9 Å². The van der Waals surface area contributed by atoms with E-state index in [0.717, 1.165) is 10.0 Å². The zero-order chi connectivity index (χ0) is 9.30. The number of rotatable bonds is 1. The lowest BCUT2D eigenvalue weighted by atomic mass is 10.1. The molecule has 0 fully saturated rings. The van der Waals surface area contributed by atoms with Gasteiger partial charge >= 0.3 is 0 Å². The molecule has 0 aliphatic rings. The van der Waals surface area contributed by atoms with E-state index in [1.165, 1.54) is 6.92 Å². The van der Waals surface area contributed by atoms with Crippen molar-refractivity contribution in [2.24, 2.45) is 0 Å². The minimum atomic E-state index is 0.0208. The van der Waals surface area contributed by atoms with E-state index in [-0.39, 0.29) is 5.78 Å². The summed E-state index contributed by atoms with van der Waals surface area (Å²) in [6.07, 6.45) is 0. The van der Waals surface area contributed by atoms with Gasteiger partial charge in [0, 0.05) is 15.1 Å². The van der Waals surface area contributed by atoms with Gasteiger partial charge in [0.1, 0.15) is 0 Å². The molecular formula is C9H8BrClO. The SMILES string of the molecule is CC(=O)c1cc(Cl)cc(C)c1Br. The fourth-order valence-electron chi connectivity index (χ4n) is 0.982. The maximum Gasteiger partial charge on any atom is 0.160 e. The van der Waals surface area contributed by atoms with Crippen molar-refractivity contribution in [3.63, 3.8) is 0 Å². The average molecular weight is 248 g/mol. The first-order valence-electron chi connectivity index (χ1n) is 3.49. The maximum atomic E-state index is 11.1. The second kappa shape index (κ2) is 3.58. The van der Waals surface area contributed by atoms with E-state index in [0.29, 0.717) is 10.6 Å². The molecule has 0 bridgehead atoms. The van der Waals surface area contributed by atoms with Crippen LogP contribution in [-0.2, 0) is 0 Å². The van der Waals surface area contributed by atoms with Crippen molar-refractivity contribution in [3.05, 3.63) is 32.8 Å². The number of Topliss-reactive ketones (excluding diaryl/α,β-unsaturated/α-hetero) is 1. The van der Waals surface area contributed by atoms with Gasteiger partial charge in [0.05, 0.1) is 0 Å². The fourth-order valence-corrected chi connectivity index (χ4v) is 1.76. The number of aryl methyl sites for hydroxylation is 1. The molecule has 0 heterocycles. The molecule has 0 aromatic heterocycles. The van der Waals surface area contributed by atoms with Crippen molar-refractivity contribution in [2.75, 3.05) is 0 Å². The number of benzene rings is 1. The van der Waals surface area contributed by atoms with Crippen LogP contribution in [0, 0.1) is 6.92 Å². The summed E-state index contributed by atoms with van der Waals surface area (Å²) in [5, 5.41) is 0.598. The van der Waals surface area contributed by atoms with Crippen LogP contribution in [0.3, 0.4) is 0 Å². The van der Waals surface area contributed by atoms with Crippen molar-refractivity contribution < 1.29 is 4.79 Å². The van der Waals surface area contributed by atoms with E-state index < -0.39 is 0 Å². The zero-order valence-electron chi connectivity index (χ0n) is 6.82. The summed E-state index contributed by atoms with van der Waals surface area (Å²) in [5.41, 5.74) is 1.62. The first-order chi connectivity index (χ1) is 5.52. The highest BCUT2D eigenvalue weighted by atomic mass is 79.9. The Balaban J connectivity index is 3.37. The summed E-state index contributed by atoms with van der Waals surface area (Å²) >= 11 is 9.13. The van der Waals surface area contributed by atoms with Crippen LogP contribution in [0.4, 0.5) is 0 Å². The number of ketones is 1. The molecule has 1 nitrogen and oxygen atoms in total. The molecule has 0 unspecified atom stereocenters. The monoisotopic (exact) mass is 246 g/mol. The van der Waals surface area contributed by atoms with Crippen LogP contribution in [0.5, 0.6) is 0 Å². The normalized spacial score (nSPS) is 10.0. The van der Waals surface area contributed by atoms with Crippen molar-refractivity contribution >= 4 is 33.3 Å². The lowest BCUT2D eigenvalue weighted by Gasteiger charge is -2.04. The highest BCUT2D eigenvalue weighted by molar-refractivity contribution is 9.10. The van der Waals surface area contributed by atoms with E-state index in [1.54, 1.807) is 6.07 Å².